The molecule has 1 N–H and O–H groups in total. The van der Waals surface area contributed by atoms with Crippen LogP contribution < -0.4 is 10.1 Å². The highest BCUT2D eigenvalue weighted by Crippen LogP contribution is 2.26. The maximum Gasteiger partial charge on any atom is 0.233 e. The zero-order chi connectivity index (χ0) is 19.1. The van der Waals surface area contributed by atoms with Gasteiger partial charge in [-0.15, -0.1) is 10.2 Å². The summed E-state index contributed by atoms with van der Waals surface area (Å²) in [5.41, 5.74) is 0.973. The molecule has 0 saturated carbocycles. The van der Waals surface area contributed by atoms with Gasteiger partial charge in [0.2, 0.25) is 11.0 Å². The number of carbonyl (C=O) groups is 1. The van der Waals surface area contributed by atoms with Gasteiger partial charge in [-0.1, -0.05) is 41.3 Å². The quantitative estimate of drug-likeness (QED) is 0.547. The Hall–Kier alpha value is -2.52. The molecular formula is C18H20N4O3S2. The van der Waals surface area contributed by atoms with Crippen molar-refractivity contribution in [3.63, 3.8) is 0 Å². The van der Waals surface area contributed by atoms with Crippen LogP contribution in [0.4, 0.5) is 5.13 Å². The van der Waals surface area contributed by atoms with Gasteiger partial charge in [-0.25, -0.2) is 0 Å². The summed E-state index contributed by atoms with van der Waals surface area (Å²) in [6.07, 6.45) is 1.63. The molecule has 9 heteroatoms. The topological polar surface area (TPSA) is 80.5 Å². The number of rotatable bonds is 9. The SMILES string of the molecule is COc1ccccc1CN(C)C(=O)CSc1nnc(NCc2ccco2)s1. The molecule has 1 aromatic carbocycles. The monoisotopic (exact) mass is 404 g/mol. The van der Waals surface area contributed by atoms with Crippen molar-refractivity contribution in [3.05, 3.63) is 54.0 Å². The number of hydrogen-bond acceptors (Lipinski definition) is 8. The molecule has 7 nitrogen and oxygen atoms in total. The Balaban J connectivity index is 1.47. The lowest BCUT2D eigenvalue weighted by Crippen LogP contribution is -2.27. The molecule has 0 spiro atoms. The number of amides is 1. The van der Waals surface area contributed by atoms with Crippen molar-refractivity contribution in [3.8, 4) is 5.75 Å². The molecule has 0 fully saturated rings. The normalized spacial score (nSPS) is 10.6. The van der Waals surface area contributed by atoms with Crippen LogP contribution in [0, 0.1) is 0 Å². The molecule has 0 saturated heterocycles. The summed E-state index contributed by atoms with van der Waals surface area (Å²) in [5, 5.41) is 12.0. The molecule has 3 aromatic rings. The minimum Gasteiger partial charge on any atom is -0.496 e. The summed E-state index contributed by atoms with van der Waals surface area (Å²) in [5.74, 6) is 1.93. The van der Waals surface area contributed by atoms with Gasteiger partial charge in [0.05, 0.1) is 25.7 Å². The van der Waals surface area contributed by atoms with Crippen LogP contribution >= 0.6 is 23.1 Å². The van der Waals surface area contributed by atoms with Crippen LogP contribution in [0.15, 0.2) is 51.4 Å². The molecule has 27 heavy (non-hydrogen) atoms. The van der Waals surface area contributed by atoms with E-state index in [1.54, 1.807) is 25.3 Å². The standard InChI is InChI=1S/C18H20N4O3S2/c1-22(11-13-6-3-4-8-15(13)24-2)16(23)12-26-18-21-20-17(27-18)19-10-14-7-5-9-25-14/h3-9H,10-12H2,1-2H3,(H,19,20). The third kappa shape index (κ3) is 5.48. The van der Waals surface area contributed by atoms with E-state index in [-0.39, 0.29) is 5.91 Å². The summed E-state index contributed by atoms with van der Waals surface area (Å²) >= 11 is 2.80. The third-order valence-corrected chi connectivity index (χ3v) is 5.74. The van der Waals surface area contributed by atoms with E-state index in [4.69, 9.17) is 9.15 Å². The predicted molar refractivity (Wildman–Crippen MR) is 106 cm³/mol. The minimum atomic E-state index is 0.0196. The molecule has 3 rings (SSSR count). The Morgan fingerprint density at radius 2 is 2.15 bits per heavy atom. The van der Waals surface area contributed by atoms with Gasteiger partial charge in [-0.05, 0) is 18.2 Å². The molecule has 142 valence electrons. The number of benzene rings is 1. The number of anilines is 1. The Kier molecular flexibility index (Phi) is 6.72. The molecule has 0 bridgehead atoms. The van der Waals surface area contributed by atoms with E-state index in [1.165, 1.54) is 23.1 Å². The second-order valence-electron chi connectivity index (χ2n) is 5.66. The van der Waals surface area contributed by atoms with E-state index in [2.05, 4.69) is 15.5 Å². The van der Waals surface area contributed by atoms with Crippen LogP contribution in [0.3, 0.4) is 0 Å². The highest BCUT2D eigenvalue weighted by Gasteiger charge is 2.14. The first-order valence-electron chi connectivity index (χ1n) is 8.24. The van der Waals surface area contributed by atoms with Crippen molar-refractivity contribution < 1.29 is 13.9 Å². The van der Waals surface area contributed by atoms with E-state index < -0.39 is 0 Å². The number of ether oxygens (including phenoxy) is 1. The van der Waals surface area contributed by atoms with Crippen molar-refractivity contribution >= 4 is 34.1 Å². The Bertz CT molecular complexity index is 867. The first-order valence-corrected chi connectivity index (χ1v) is 10.0. The smallest absolute Gasteiger partial charge is 0.233 e. The van der Waals surface area contributed by atoms with E-state index in [0.717, 1.165) is 21.4 Å². The number of aromatic nitrogens is 2. The molecule has 0 atom stereocenters. The summed E-state index contributed by atoms with van der Waals surface area (Å²) in [6, 6.07) is 11.4. The first-order chi connectivity index (χ1) is 13.2. The van der Waals surface area contributed by atoms with E-state index in [0.29, 0.717) is 24.0 Å². The number of para-hydroxylation sites is 1. The Morgan fingerprint density at radius 1 is 1.30 bits per heavy atom. The summed E-state index contributed by atoms with van der Waals surface area (Å²) < 4.78 is 11.3. The molecule has 2 heterocycles. The fourth-order valence-corrected chi connectivity index (χ4v) is 4.01. The van der Waals surface area contributed by atoms with Gasteiger partial charge in [-0.3, -0.25) is 4.79 Å². The molecule has 0 unspecified atom stereocenters. The average molecular weight is 405 g/mol. The van der Waals surface area contributed by atoms with Crippen molar-refractivity contribution in [1.82, 2.24) is 15.1 Å². The van der Waals surface area contributed by atoms with E-state index in [9.17, 15) is 4.79 Å². The van der Waals surface area contributed by atoms with E-state index in [1.807, 2.05) is 36.4 Å². The lowest BCUT2D eigenvalue weighted by molar-refractivity contribution is -0.127. The van der Waals surface area contributed by atoms with Gasteiger partial charge in [0.25, 0.3) is 0 Å². The number of hydrogen-bond donors (Lipinski definition) is 1. The van der Waals surface area contributed by atoms with Gasteiger partial charge in [0, 0.05) is 19.2 Å². The summed E-state index contributed by atoms with van der Waals surface area (Å²) in [7, 11) is 3.41. The minimum absolute atomic E-state index is 0.0196. The second-order valence-corrected chi connectivity index (χ2v) is 7.86. The van der Waals surface area contributed by atoms with Gasteiger partial charge in [0.1, 0.15) is 11.5 Å². The zero-order valence-corrected chi connectivity index (χ0v) is 16.7. The molecule has 0 radical (unpaired) electrons. The van der Waals surface area contributed by atoms with Gasteiger partial charge < -0.3 is 19.4 Å². The Morgan fingerprint density at radius 3 is 2.93 bits per heavy atom. The van der Waals surface area contributed by atoms with Crippen molar-refractivity contribution in [2.45, 2.75) is 17.4 Å². The Labute approximate surface area is 165 Å². The molecule has 1 amide bonds. The maximum atomic E-state index is 12.4. The maximum absolute atomic E-state index is 12.4. The van der Waals surface area contributed by atoms with E-state index >= 15 is 0 Å². The van der Waals surface area contributed by atoms with Crippen LogP contribution in [0.25, 0.3) is 0 Å². The van der Waals surface area contributed by atoms with Crippen LogP contribution in [0.2, 0.25) is 0 Å². The number of furan rings is 1. The average Bonchev–Trinajstić information content (AvgIpc) is 3.36. The van der Waals surface area contributed by atoms with Crippen LogP contribution in [0.1, 0.15) is 11.3 Å². The highest BCUT2D eigenvalue weighted by molar-refractivity contribution is 8.01. The molecule has 0 aliphatic carbocycles. The largest absolute Gasteiger partial charge is 0.496 e. The van der Waals surface area contributed by atoms with Crippen molar-refractivity contribution in [1.29, 1.82) is 0 Å². The zero-order valence-electron chi connectivity index (χ0n) is 15.0. The summed E-state index contributed by atoms with van der Waals surface area (Å²) in [4.78, 5) is 14.1. The highest BCUT2D eigenvalue weighted by atomic mass is 32.2. The van der Waals surface area contributed by atoms with Gasteiger partial charge >= 0.3 is 0 Å². The third-order valence-electron chi connectivity index (χ3n) is 3.75. The van der Waals surface area contributed by atoms with Crippen LogP contribution in [0.5, 0.6) is 5.75 Å². The van der Waals surface area contributed by atoms with Gasteiger partial charge in [0.15, 0.2) is 4.34 Å². The number of thioether (sulfide) groups is 1. The molecule has 0 aliphatic heterocycles. The van der Waals surface area contributed by atoms with Gasteiger partial charge in [-0.2, -0.15) is 0 Å². The van der Waals surface area contributed by atoms with Crippen molar-refractivity contribution in [2.75, 3.05) is 25.2 Å². The number of nitrogens with one attached hydrogen (secondary N) is 1. The second kappa shape index (κ2) is 9.43. The lowest BCUT2D eigenvalue weighted by atomic mass is 10.2. The fourth-order valence-electron chi connectivity index (χ4n) is 2.33. The molecule has 2 aromatic heterocycles. The van der Waals surface area contributed by atoms with Crippen LogP contribution in [-0.4, -0.2) is 40.9 Å². The molecule has 0 aliphatic rings. The number of nitrogens with zero attached hydrogens (tertiary/aromatic N) is 3. The first kappa shape index (κ1) is 19.2. The summed E-state index contributed by atoms with van der Waals surface area (Å²) in [6.45, 7) is 1.04. The van der Waals surface area contributed by atoms with Crippen LogP contribution in [-0.2, 0) is 17.9 Å². The number of carbonyl (C=O) groups excluding carboxylic acids is 1. The lowest BCUT2D eigenvalue weighted by Gasteiger charge is -2.18. The molecular weight excluding hydrogens is 384 g/mol. The predicted octanol–water partition coefficient (Wildman–Crippen LogP) is 3.50. The number of methoxy groups -OCH3 is 1. The fraction of sp³-hybridized carbons (Fsp3) is 0.278. The van der Waals surface area contributed by atoms with Crippen molar-refractivity contribution in [2.24, 2.45) is 0 Å².